The van der Waals surface area contributed by atoms with Crippen molar-refractivity contribution in [2.24, 2.45) is 11.7 Å². The Labute approximate surface area is 97.6 Å². The van der Waals surface area contributed by atoms with Crippen molar-refractivity contribution in [2.75, 3.05) is 6.54 Å². The van der Waals surface area contributed by atoms with E-state index in [1.165, 1.54) is 11.1 Å². The molecule has 2 heteroatoms. The van der Waals surface area contributed by atoms with Crippen molar-refractivity contribution in [3.05, 3.63) is 34.3 Å². The lowest BCUT2D eigenvalue weighted by atomic mass is 9.97. The lowest BCUT2D eigenvalue weighted by Crippen LogP contribution is -2.09. The third-order valence-electron chi connectivity index (χ3n) is 2.63. The molecule has 0 aliphatic heterocycles. The zero-order valence-electron chi connectivity index (χ0n) is 9.76. The molecule has 15 heavy (non-hydrogen) atoms. The van der Waals surface area contributed by atoms with Gasteiger partial charge in [-0.05, 0) is 42.0 Å². The Bertz CT molecular complexity index is 320. The number of hydrogen-bond acceptors (Lipinski definition) is 1. The van der Waals surface area contributed by atoms with Crippen molar-refractivity contribution >= 4 is 11.6 Å². The van der Waals surface area contributed by atoms with Gasteiger partial charge in [0.15, 0.2) is 0 Å². The van der Waals surface area contributed by atoms with E-state index < -0.39 is 0 Å². The molecule has 84 valence electrons. The molecule has 1 nitrogen and oxygen atoms in total. The summed E-state index contributed by atoms with van der Waals surface area (Å²) in [6, 6.07) is 6.32. The number of hydrogen-bond donors (Lipinski definition) is 1. The number of halogens is 1. The summed E-state index contributed by atoms with van der Waals surface area (Å²) >= 11 is 6.23. The monoisotopic (exact) mass is 225 g/mol. The van der Waals surface area contributed by atoms with Crippen LogP contribution in [0, 0.1) is 5.92 Å². The smallest absolute Gasteiger partial charge is 0.0440 e. The standard InChI is InChI=1S/C13H20ClN/c1-9(2)6-12-5-4-11(7-13(12)14)10(3)8-15/h4-5,7,9-10H,6,8,15H2,1-3H3. The van der Waals surface area contributed by atoms with Gasteiger partial charge in [0.25, 0.3) is 0 Å². The van der Waals surface area contributed by atoms with Crippen molar-refractivity contribution in [2.45, 2.75) is 33.1 Å². The zero-order valence-corrected chi connectivity index (χ0v) is 10.5. The maximum absolute atomic E-state index is 6.23. The quantitative estimate of drug-likeness (QED) is 0.833. The fourth-order valence-electron chi connectivity index (χ4n) is 1.61. The molecular weight excluding hydrogens is 206 g/mol. The molecule has 1 atom stereocenters. The van der Waals surface area contributed by atoms with Gasteiger partial charge < -0.3 is 5.73 Å². The minimum Gasteiger partial charge on any atom is -0.330 e. The van der Waals surface area contributed by atoms with Gasteiger partial charge in [0.2, 0.25) is 0 Å². The second-order valence-corrected chi connectivity index (χ2v) is 4.99. The Hall–Kier alpha value is -0.530. The van der Waals surface area contributed by atoms with E-state index in [4.69, 9.17) is 17.3 Å². The van der Waals surface area contributed by atoms with Crippen LogP contribution in [0.25, 0.3) is 0 Å². The lowest BCUT2D eigenvalue weighted by Gasteiger charge is -2.12. The summed E-state index contributed by atoms with van der Waals surface area (Å²) in [6.45, 7) is 7.19. The van der Waals surface area contributed by atoms with Crippen LogP contribution in [-0.2, 0) is 6.42 Å². The van der Waals surface area contributed by atoms with Gasteiger partial charge in [-0.2, -0.15) is 0 Å². The lowest BCUT2D eigenvalue weighted by molar-refractivity contribution is 0.647. The van der Waals surface area contributed by atoms with Gasteiger partial charge in [0.05, 0.1) is 0 Å². The molecule has 2 N–H and O–H groups in total. The van der Waals surface area contributed by atoms with E-state index in [1.54, 1.807) is 0 Å². The number of benzene rings is 1. The third kappa shape index (κ3) is 3.51. The Morgan fingerprint density at radius 1 is 1.27 bits per heavy atom. The predicted octanol–water partition coefficient (Wildman–Crippen LogP) is 3.60. The maximum atomic E-state index is 6.23. The highest BCUT2D eigenvalue weighted by atomic mass is 35.5. The molecule has 0 spiro atoms. The van der Waals surface area contributed by atoms with Gasteiger partial charge >= 0.3 is 0 Å². The summed E-state index contributed by atoms with van der Waals surface area (Å²) in [5.74, 6) is 1.02. The van der Waals surface area contributed by atoms with Crippen molar-refractivity contribution < 1.29 is 0 Å². The summed E-state index contributed by atoms with van der Waals surface area (Å²) < 4.78 is 0. The zero-order chi connectivity index (χ0) is 11.4. The maximum Gasteiger partial charge on any atom is 0.0440 e. The Morgan fingerprint density at radius 2 is 1.93 bits per heavy atom. The van der Waals surface area contributed by atoms with Gasteiger partial charge in [0.1, 0.15) is 0 Å². The molecule has 0 radical (unpaired) electrons. The van der Waals surface area contributed by atoms with Gasteiger partial charge in [-0.15, -0.1) is 0 Å². The van der Waals surface area contributed by atoms with E-state index in [0.717, 1.165) is 11.4 Å². The van der Waals surface area contributed by atoms with Crippen LogP contribution in [-0.4, -0.2) is 6.54 Å². The Morgan fingerprint density at radius 3 is 2.40 bits per heavy atom. The second kappa shape index (κ2) is 5.53. The minimum atomic E-state index is 0.385. The van der Waals surface area contributed by atoms with Crippen molar-refractivity contribution in [3.8, 4) is 0 Å². The van der Waals surface area contributed by atoms with Crippen molar-refractivity contribution in [1.29, 1.82) is 0 Å². The first-order chi connectivity index (χ1) is 7.04. The fraction of sp³-hybridized carbons (Fsp3) is 0.538. The van der Waals surface area contributed by atoms with E-state index in [9.17, 15) is 0 Å². The topological polar surface area (TPSA) is 26.0 Å². The molecule has 1 aromatic carbocycles. The van der Waals surface area contributed by atoms with Gasteiger partial charge in [-0.1, -0.05) is 44.5 Å². The van der Waals surface area contributed by atoms with Crippen LogP contribution in [0.3, 0.4) is 0 Å². The molecular formula is C13H20ClN. The summed E-state index contributed by atoms with van der Waals surface area (Å²) in [7, 11) is 0. The molecule has 0 fully saturated rings. The average Bonchev–Trinajstić information content (AvgIpc) is 2.19. The van der Waals surface area contributed by atoms with Crippen LogP contribution in [0.5, 0.6) is 0 Å². The molecule has 0 aromatic heterocycles. The number of rotatable bonds is 4. The van der Waals surface area contributed by atoms with Gasteiger partial charge in [-0.25, -0.2) is 0 Å². The molecule has 1 unspecified atom stereocenters. The van der Waals surface area contributed by atoms with Gasteiger partial charge in [-0.3, -0.25) is 0 Å². The second-order valence-electron chi connectivity index (χ2n) is 4.59. The summed E-state index contributed by atoms with van der Waals surface area (Å²) in [5, 5.41) is 0.876. The largest absolute Gasteiger partial charge is 0.330 e. The molecule has 0 heterocycles. The van der Waals surface area contributed by atoms with Crippen molar-refractivity contribution in [3.63, 3.8) is 0 Å². The molecule has 0 amide bonds. The highest BCUT2D eigenvalue weighted by Gasteiger charge is 2.07. The summed E-state index contributed by atoms with van der Waals surface area (Å²) in [5.41, 5.74) is 8.10. The van der Waals surface area contributed by atoms with Gasteiger partial charge in [0, 0.05) is 5.02 Å². The first-order valence-electron chi connectivity index (χ1n) is 5.53. The Balaban J connectivity index is 2.88. The van der Waals surface area contributed by atoms with Crippen LogP contribution < -0.4 is 5.73 Å². The van der Waals surface area contributed by atoms with E-state index in [1.807, 2.05) is 0 Å². The molecule has 0 aliphatic carbocycles. The average molecular weight is 226 g/mol. The molecule has 0 saturated carbocycles. The summed E-state index contributed by atoms with van der Waals surface area (Å²) in [6.07, 6.45) is 1.04. The van der Waals surface area contributed by atoms with E-state index in [2.05, 4.69) is 39.0 Å². The predicted molar refractivity (Wildman–Crippen MR) is 67.5 cm³/mol. The van der Waals surface area contributed by atoms with E-state index in [-0.39, 0.29) is 0 Å². The van der Waals surface area contributed by atoms with E-state index in [0.29, 0.717) is 18.4 Å². The van der Waals surface area contributed by atoms with Crippen molar-refractivity contribution in [1.82, 2.24) is 0 Å². The highest BCUT2D eigenvalue weighted by Crippen LogP contribution is 2.24. The Kier molecular flexibility index (Phi) is 4.62. The first kappa shape index (κ1) is 12.5. The SMILES string of the molecule is CC(C)Cc1ccc(C(C)CN)cc1Cl. The minimum absolute atomic E-state index is 0.385. The van der Waals surface area contributed by atoms with Crippen LogP contribution in [0.15, 0.2) is 18.2 Å². The first-order valence-corrected chi connectivity index (χ1v) is 5.90. The van der Waals surface area contributed by atoms with Crippen LogP contribution in [0.4, 0.5) is 0 Å². The molecule has 1 aromatic rings. The van der Waals surface area contributed by atoms with Crippen LogP contribution >= 0.6 is 11.6 Å². The third-order valence-corrected chi connectivity index (χ3v) is 2.98. The summed E-state index contributed by atoms with van der Waals surface area (Å²) in [4.78, 5) is 0. The van der Waals surface area contributed by atoms with E-state index >= 15 is 0 Å². The fourth-order valence-corrected chi connectivity index (χ4v) is 1.88. The molecule has 0 saturated heterocycles. The molecule has 1 rings (SSSR count). The molecule has 0 bridgehead atoms. The number of nitrogens with two attached hydrogens (primary N) is 1. The highest BCUT2D eigenvalue weighted by molar-refractivity contribution is 6.31. The normalized spacial score (nSPS) is 13.2. The molecule has 0 aliphatic rings. The van der Waals surface area contributed by atoms with Crippen LogP contribution in [0.2, 0.25) is 5.02 Å². The van der Waals surface area contributed by atoms with Crippen LogP contribution in [0.1, 0.15) is 37.8 Å².